The Kier molecular flexibility index (Phi) is 20.7. The molecule has 0 aliphatic carbocycles. The van der Waals surface area contributed by atoms with Crippen molar-refractivity contribution in [3.63, 3.8) is 0 Å². The second kappa shape index (κ2) is 22.9. The summed E-state index contributed by atoms with van der Waals surface area (Å²) in [5.74, 6) is 0.0702. The maximum absolute atomic E-state index is 11.8. The van der Waals surface area contributed by atoms with Crippen LogP contribution in [0.2, 0.25) is 0 Å². The van der Waals surface area contributed by atoms with E-state index in [1.807, 2.05) is 0 Å². The molecule has 0 amide bonds. The smallest absolute Gasteiger partial charge is 0.306 e. The summed E-state index contributed by atoms with van der Waals surface area (Å²) in [6, 6.07) is 8.87. The SMILES string of the molecule is CCC(CCCC(CCCCCCCc1ccccc1CCCCCCCCC(=O)O)C(=O)O)CCC(C)C. The normalized spacial score (nSPS) is 13.0. The predicted molar refractivity (Wildman–Crippen MR) is 164 cm³/mol. The molecule has 1 aromatic rings. The van der Waals surface area contributed by atoms with Gasteiger partial charge in [-0.1, -0.05) is 129 Å². The fourth-order valence-corrected chi connectivity index (χ4v) is 5.75. The number of carbonyl (C=O) groups is 2. The van der Waals surface area contributed by atoms with Crippen molar-refractivity contribution in [2.75, 3.05) is 0 Å². The third kappa shape index (κ3) is 19.0. The molecule has 224 valence electrons. The van der Waals surface area contributed by atoms with E-state index in [9.17, 15) is 14.7 Å². The maximum Gasteiger partial charge on any atom is 0.306 e. The van der Waals surface area contributed by atoms with Gasteiger partial charge in [0.15, 0.2) is 0 Å². The van der Waals surface area contributed by atoms with E-state index in [0.29, 0.717) is 6.42 Å². The quantitative estimate of drug-likeness (QED) is 0.114. The van der Waals surface area contributed by atoms with Gasteiger partial charge in [-0.15, -0.1) is 0 Å². The van der Waals surface area contributed by atoms with Crippen LogP contribution in [0.4, 0.5) is 0 Å². The number of unbranched alkanes of at least 4 members (excludes halogenated alkanes) is 9. The molecule has 2 unspecified atom stereocenters. The van der Waals surface area contributed by atoms with Crippen molar-refractivity contribution in [3.05, 3.63) is 35.4 Å². The first-order valence-electron chi connectivity index (χ1n) is 16.3. The van der Waals surface area contributed by atoms with Crippen LogP contribution in [0.3, 0.4) is 0 Å². The average molecular weight is 545 g/mol. The van der Waals surface area contributed by atoms with Gasteiger partial charge in [0.05, 0.1) is 5.92 Å². The summed E-state index contributed by atoms with van der Waals surface area (Å²) >= 11 is 0. The van der Waals surface area contributed by atoms with Crippen LogP contribution in [0.25, 0.3) is 0 Å². The van der Waals surface area contributed by atoms with Gasteiger partial charge in [-0.25, -0.2) is 0 Å². The molecule has 0 bridgehead atoms. The van der Waals surface area contributed by atoms with Gasteiger partial charge in [-0.3, -0.25) is 9.59 Å². The summed E-state index contributed by atoms with van der Waals surface area (Å²) in [6.45, 7) is 6.84. The Morgan fingerprint density at radius 3 is 1.67 bits per heavy atom. The molecule has 0 aliphatic rings. The number of rotatable bonds is 26. The van der Waals surface area contributed by atoms with Gasteiger partial charge in [0.1, 0.15) is 0 Å². The number of hydrogen-bond acceptors (Lipinski definition) is 2. The summed E-state index contributed by atoms with van der Waals surface area (Å²) < 4.78 is 0. The van der Waals surface area contributed by atoms with E-state index in [0.717, 1.165) is 76.0 Å². The van der Waals surface area contributed by atoms with E-state index in [4.69, 9.17) is 5.11 Å². The molecule has 0 saturated carbocycles. The number of hydrogen-bond donors (Lipinski definition) is 2. The summed E-state index contributed by atoms with van der Waals surface area (Å²) in [5, 5.41) is 18.4. The standard InChI is InChI=1S/C35H60O4/c1-4-30(28-27-29(2)3)19-18-25-33(35(38)39)24-14-10-7-9-13-21-32-23-17-16-22-31(32)20-12-8-5-6-11-15-26-34(36)37/h16-17,22-23,29-30,33H,4-15,18-21,24-28H2,1-3H3,(H,36,37)(H,38,39). The minimum atomic E-state index is -0.683. The number of aryl methyl sites for hydroxylation is 2. The largest absolute Gasteiger partial charge is 0.481 e. The molecule has 0 spiro atoms. The zero-order valence-corrected chi connectivity index (χ0v) is 25.6. The second-order valence-corrected chi connectivity index (χ2v) is 12.3. The molecule has 0 radical (unpaired) electrons. The number of carboxylic acid groups (broad SMARTS) is 2. The molecule has 39 heavy (non-hydrogen) atoms. The fraction of sp³-hybridized carbons (Fsp3) is 0.771. The van der Waals surface area contributed by atoms with Crippen LogP contribution in [-0.4, -0.2) is 22.2 Å². The van der Waals surface area contributed by atoms with Gasteiger partial charge >= 0.3 is 11.9 Å². The van der Waals surface area contributed by atoms with Crippen molar-refractivity contribution in [1.29, 1.82) is 0 Å². The van der Waals surface area contributed by atoms with E-state index in [1.165, 1.54) is 75.3 Å². The second-order valence-electron chi connectivity index (χ2n) is 12.3. The Balaban J connectivity index is 2.18. The summed E-state index contributed by atoms with van der Waals surface area (Å²) in [7, 11) is 0. The summed E-state index contributed by atoms with van der Waals surface area (Å²) in [4.78, 5) is 22.3. The zero-order valence-electron chi connectivity index (χ0n) is 25.6. The Bertz CT molecular complexity index is 757. The first-order chi connectivity index (χ1) is 18.8. The van der Waals surface area contributed by atoms with E-state index in [-0.39, 0.29) is 5.92 Å². The van der Waals surface area contributed by atoms with Crippen LogP contribution >= 0.6 is 0 Å². The number of aliphatic carboxylic acids is 2. The molecule has 0 aromatic heterocycles. The maximum atomic E-state index is 11.8. The highest BCUT2D eigenvalue weighted by Crippen LogP contribution is 2.25. The zero-order chi connectivity index (χ0) is 28.7. The highest BCUT2D eigenvalue weighted by Gasteiger charge is 2.17. The molecule has 0 fully saturated rings. The van der Waals surface area contributed by atoms with Gasteiger partial charge in [0.25, 0.3) is 0 Å². The molecule has 0 aliphatic heterocycles. The molecule has 4 heteroatoms. The summed E-state index contributed by atoms with van der Waals surface area (Å²) in [6.07, 6.45) is 22.7. The molecule has 4 nitrogen and oxygen atoms in total. The fourth-order valence-electron chi connectivity index (χ4n) is 5.75. The van der Waals surface area contributed by atoms with Crippen LogP contribution in [0.15, 0.2) is 24.3 Å². The van der Waals surface area contributed by atoms with Gasteiger partial charge in [0.2, 0.25) is 0 Å². The average Bonchev–Trinajstić information content (AvgIpc) is 2.90. The molecular formula is C35H60O4. The van der Waals surface area contributed by atoms with Crippen LogP contribution < -0.4 is 0 Å². The monoisotopic (exact) mass is 544 g/mol. The van der Waals surface area contributed by atoms with Crippen molar-refractivity contribution in [3.8, 4) is 0 Å². The van der Waals surface area contributed by atoms with Crippen LogP contribution in [0.5, 0.6) is 0 Å². The number of benzene rings is 1. The first-order valence-corrected chi connectivity index (χ1v) is 16.3. The van der Waals surface area contributed by atoms with Crippen LogP contribution in [-0.2, 0) is 22.4 Å². The van der Waals surface area contributed by atoms with E-state index in [2.05, 4.69) is 45.0 Å². The third-order valence-electron chi connectivity index (χ3n) is 8.45. The van der Waals surface area contributed by atoms with Crippen LogP contribution in [0, 0.1) is 17.8 Å². The lowest BCUT2D eigenvalue weighted by Gasteiger charge is -2.18. The first kappa shape index (κ1) is 35.2. The Morgan fingerprint density at radius 1 is 0.641 bits per heavy atom. The topological polar surface area (TPSA) is 74.6 Å². The minimum absolute atomic E-state index is 0.163. The predicted octanol–water partition coefficient (Wildman–Crippen LogP) is 10.3. The molecule has 0 heterocycles. The molecule has 1 aromatic carbocycles. The number of carboxylic acids is 2. The van der Waals surface area contributed by atoms with Crippen LogP contribution in [0.1, 0.15) is 154 Å². The lowest BCUT2D eigenvalue weighted by atomic mass is 9.88. The summed E-state index contributed by atoms with van der Waals surface area (Å²) in [5.41, 5.74) is 2.98. The van der Waals surface area contributed by atoms with Crippen molar-refractivity contribution in [1.82, 2.24) is 0 Å². The minimum Gasteiger partial charge on any atom is -0.481 e. The lowest BCUT2D eigenvalue weighted by molar-refractivity contribution is -0.142. The van der Waals surface area contributed by atoms with Gasteiger partial charge < -0.3 is 10.2 Å². The van der Waals surface area contributed by atoms with E-state index < -0.39 is 11.9 Å². The van der Waals surface area contributed by atoms with Gasteiger partial charge in [-0.05, 0) is 67.9 Å². The highest BCUT2D eigenvalue weighted by molar-refractivity contribution is 5.69. The van der Waals surface area contributed by atoms with Crippen molar-refractivity contribution in [2.24, 2.45) is 17.8 Å². The highest BCUT2D eigenvalue weighted by atomic mass is 16.4. The molecular weight excluding hydrogens is 484 g/mol. The van der Waals surface area contributed by atoms with Crippen molar-refractivity contribution in [2.45, 2.75) is 156 Å². The van der Waals surface area contributed by atoms with Crippen molar-refractivity contribution < 1.29 is 19.8 Å². The molecule has 2 atom stereocenters. The Labute approximate surface area is 240 Å². The lowest BCUT2D eigenvalue weighted by Crippen LogP contribution is -2.14. The Morgan fingerprint density at radius 2 is 1.15 bits per heavy atom. The Hall–Kier alpha value is -1.84. The van der Waals surface area contributed by atoms with E-state index >= 15 is 0 Å². The molecule has 0 saturated heterocycles. The van der Waals surface area contributed by atoms with E-state index in [1.54, 1.807) is 0 Å². The van der Waals surface area contributed by atoms with Crippen molar-refractivity contribution >= 4 is 11.9 Å². The van der Waals surface area contributed by atoms with Gasteiger partial charge in [-0.2, -0.15) is 0 Å². The third-order valence-corrected chi connectivity index (χ3v) is 8.45. The molecule has 1 rings (SSSR count). The van der Waals surface area contributed by atoms with Gasteiger partial charge in [0, 0.05) is 6.42 Å². The molecule has 2 N–H and O–H groups in total.